The number of halogens is 1. The molecule has 0 aliphatic carbocycles. The van der Waals surface area contributed by atoms with E-state index in [-0.39, 0.29) is 11.9 Å². The molecule has 2 N–H and O–H groups in total. The van der Waals surface area contributed by atoms with Gasteiger partial charge in [0.25, 0.3) is 0 Å². The second kappa shape index (κ2) is 6.01. The van der Waals surface area contributed by atoms with E-state index >= 15 is 0 Å². The fourth-order valence-electron chi connectivity index (χ4n) is 2.00. The highest BCUT2D eigenvalue weighted by Gasteiger charge is 2.25. The molecule has 0 aliphatic heterocycles. The van der Waals surface area contributed by atoms with Gasteiger partial charge in [-0.2, -0.15) is 0 Å². The van der Waals surface area contributed by atoms with Gasteiger partial charge in [0, 0.05) is 5.56 Å². The van der Waals surface area contributed by atoms with Crippen molar-refractivity contribution in [3.63, 3.8) is 0 Å². The lowest BCUT2D eigenvalue weighted by molar-refractivity contribution is 0.0533. The summed E-state index contributed by atoms with van der Waals surface area (Å²) in [7, 11) is 0. The predicted octanol–water partition coefficient (Wildman–Crippen LogP) is 4.65. The van der Waals surface area contributed by atoms with Gasteiger partial charge in [-0.05, 0) is 40.9 Å². The summed E-state index contributed by atoms with van der Waals surface area (Å²) in [6, 6.07) is 3.68. The number of hydrogen-bond acceptors (Lipinski definition) is 5. The lowest BCUT2D eigenvalue weighted by Gasteiger charge is -2.07. The Morgan fingerprint density at radius 2 is 2.20 bits per heavy atom. The molecule has 0 bridgehead atoms. The Hall–Kier alpha value is -1.27. The number of thiophene rings is 1. The molecule has 2 aromatic rings. The molecule has 0 radical (unpaired) electrons. The molecule has 0 atom stereocenters. The molecule has 0 unspecified atom stereocenters. The first kappa shape index (κ1) is 15.1. The molecule has 2 aromatic heterocycles. The first-order valence-electron chi connectivity index (χ1n) is 6.30. The number of nitrogens with two attached hydrogens (primary N) is 1. The Bertz CT molecular complexity index is 630. The summed E-state index contributed by atoms with van der Waals surface area (Å²) in [6.07, 6.45) is 0. The van der Waals surface area contributed by atoms with Crippen molar-refractivity contribution in [1.82, 2.24) is 0 Å². The Balaban J connectivity index is 2.56. The van der Waals surface area contributed by atoms with Gasteiger partial charge in [-0.15, -0.1) is 11.3 Å². The second-order valence-corrected chi connectivity index (χ2v) is 6.37. The first-order chi connectivity index (χ1) is 9.45. The Labute approximate surface area is 130 Å². The largest absolute Gasteiger partial charge is 0.462 e. The Morgan fingerprint density at radius 1 is 1.50 bits per heavy atom. The van der Waals surface area contributed by atoms with Crippen LogP contribution >= 0.6 is 27.3 Å². The quantitative estimate of drug-likeness (QED) is 0.808. The topological polar surface area (TPSA) is 65.5 Å². The molecule has 2 rings (SSSR count). The summed E-state index contributed by atoms with van der Waals surface area (Å²) in [4.78, 5) is 13.3. The number of ether oxygens (including phenoxy) is 1. The van der Waals surface area contributed by atoms with Gasteiger partial charge in [0.1, 0.15) is 10.6 Å². The van der Waals surface area contributed by atoms with Gasteiger partial charge in [0.15, 0.2) is 4.67 Å². The fourth-order valence-corrected chi connectivity index (χ4v) is 3.54. The molecule has 0 aliphatic rings. The third-order valence-corrected chi connectivity index (χ3v) is 4.46. The Kier molecular flexibility index (Phi) is 4.55. The molecule has 0 saturated heterocycles. The van der Waals surface area contributed by atoms with Crippen LogP contribution in [-0.2, 0) is 4.74 Å². The first-order valence-corrected chi connectivity index (χ1v) is 7.91. The standard InChI is InChI=1S/C14H16BrNO3S/c1-4-18-14(17)13-11(16)10(7(2)3)12(20-13)8-5-6-9(15)19-8/h5-7H,4,16H2,1-3H3. The van der Waals surface area contributed by atoms with Gasteiger partial charge in [-0.1, -0.05) is 13.8 Å². The highest BCUT2D eigenvalue weighted by Crippen LogP contribution is 2.43. The molecule has 0 aromatic carbocycles. The predicted molar refractivity (Wildman–Crippen MR) is 84.2 cm³/mol. The Morgan fingerprint density at radius 3 is 2.70 bits per heavy atom. The highest BCUT2D eigenvalue weighted by molar-refractivity contribution is 9.10. The summed E-state index contributed by atoms with van der Waals surface area (Å²) in [6.45, 7) is 6.17. The normalized spacial score (nSPS) is 11.1. The molecular formula is C14H16BrNO3S. The van der Waals surface area contributed by atoms with Crippen LogP contribution in [0.15, 0.2) is 21.2 Å². The van der Waals surface area contributed by atoms with Crippen molar-refractivity contribution in [2.24, 2.45) is 0 Å². The summed E-state index contributed by atoms with van der Waals surface area (Å²) in [5, 5.41) is 0. The van der Waals surface area contributed by atoms with Crippen LogP contribution in [0.2, 0.25) is 0 Å². The van der Waals surface area contributed by atoms with Crippen molar-refractivity contribution in [2.75, 3.05) is 12.3 Å². The van der Waals surface area contributed by atoms with E-state index < -0.39 is 0 Å². The molecule has 0 fully saturated rings. The summed E-state index contributed by atoms with van der Waals surface area (Å²) < 4.78 is 11.3. The van der Waals surface area contributed by atoms with Crippen LogP contribution < -0.4 is 5.73 Å². The van der Waals surface area contributed by atoms with Crippen LogP contribution in [0.4, 0.5) is 5.69 Å². The number of carbonyl (C=O) groups excluding carboxylic acids is 1. The molecule has 0 spiro atoms. The van der Waals surface area contributed by atoms with E-state index in [0.717, 1.165) is 10.4 Å². The molecule has 2 heterocycles. The van der Waals surface area contributed by atoms with Crippen molar-refractivity contribution in [2.45, 2.75) is 26.7 Å². The van der Waals surface area contributed by atoms with Crippen molar-refractivity contribution >= 4 is 38.9 Å². The minimum absolute atomic E-state index is 0.188. The molecular weight excluding hydrogens is 342 g/mol. The van der Waals surface area contributed by atoms with Crippen molar-refractivity contribution in [1.29, 1.82) is 0 Å². The van der Waals surface area contributed by atoms with Gasteiger partial charge in [-0.25, -0.2) is 4.79 Å². The number of hydrogen-bond donors (Lipinski definition) is 1. The van der Waals surface area contributed by atoms with E-state index in [1.54, 1.807) is 6.92 Å². The average molecular weight is 358 g/mol. The lowest BCUT2D eigenvalue weighted by atomic mass is 10.0. The van der Waals surface area contributed by atoms with Gasteiger partial charge < -0.3 is 14.9 Å². The monoisotopic (exact) mass is 357 g/mol. The van der Waals surface area contributed by atoms with Crippen LogP contribution in [-0.4, -0.2) is 12.6 Å². The van der Waals surface area contributed by atoms with Gasteiger partial charge >= 0.3 is 5.97 Å². The number of furan rings is 1. The average Bonchev–Trinajstić information content (AvgIpc) is 2.93. The van der Waals surface area contributed by atoms with Crippen LogP contribution in [0.5, 0.6) is 0 Å². The zero-order chi connectivity index (χ0) is 14.9. The summed E-state index contributed by atoms with van der Waals surface area (Å²) in [5.74, 6) is 0.509. The van der Waals surface area contributed by atoms with Crippen LogP contribution in [0.3, 0.4) is 0 Å². The maximum atomic E-state index is 12.0. The van der Waals surface area contributed by atoms with Crippen molar-refractivity contribution in [3.8, 4) is 10.6 Å². The number of carbonyl (C=O) groups is 1. The van der Waals surface area contributed by atoms with Gasteiger partial charge in [0.2, 0.25) is 0 Å². The van der Waals surface area contributed by atoms with E-state index in [9.17, 15) is 4.79 Å². The molecule has 0 amide bonds. The summed E-state index contributed by atoms with van der Waals surface area (Å²) in [5.41, 5.74) is 7.56. The molecule has 4 nitrogen and oxygen atoms in total. The lowest BCUT2D eigenvalue weighted by Crippen LogP contribution is -2.06. The molecule has 0 saturated carbocycles. The minimum atomic E-state index is -0.381. The van der Waals surface area contributed by atoms with Crippen LogP contribution in [0.25, 0.3) is 10.6 Å². The number of anilines is 1. The van der Waals surface area contributed by atoms with Crippen LogP contribution in [0.1, 0.15) is 41.9 Å². The maximum Gasteiger partial charge on any atom is 0.350 e. The number of nitrogen functional groups attached to an aromatic ring is 1. The number of rotatable bonds is 4. The zero-order valence-electron chi connectivity index (χ0n) is 11.5. The zero-order valence-corrected chi connectivity index (χ0v) is 13.9. The smallest absolute Gasteiger partial charge is 0.350 e. The third-order valence-electron chi connectivity index (χ3n) is 2.82. The van der Waals surface area contributed by atoms with E-state index in [4.69, 9.17) is 14.9 Å². The van der Waals surface area contributed by atoms with Gasteiger partial charge in [0.05, 0.1) is 17.2 Å². The minimum Gasteiger partial charge on any atom is -0.462 e. The second-order valence-electron chi connectivity index (χ2n) is 4.57. The fraction of sp³-hybridized carbons (Fsp3) is 0.357. The highest BCUT2D eigenvalue weighted by atomic mass is 79.9. The number of esters is 1. The summed E-state index contributed by atoms with van der Waals surface area (Å²) >= 11 is 4.60. The molecule has 6 heteroatoms. The van der Waals surface area contributed by atoms with E-state index in [0.29, 0.717) is 27.6 Å². The maximum absolute atomic E-state index is 12.0. The van der Waals surface area contributed by atoms with Crippen molar-refractivity contribution < 1.29 is 13.9 Å². The molecule has 108 valence electrons. The van der Waals surface area contributed by atoms with Crippen LogP contribution in [0, 0.1) is 0 Å². The van der Waals surface area contributed by atoms with Gasteiger partial charge in [-0.3, -0.25) is 0 Å². The van der Waals surface area contributed by atoms with E-state index in [1.165, 1.54) is 11.3 Å². The SMILES string of the molecule is CCOC(=O)c1sc(-c2ccc(Br)o2)c(C(C)C)c1N. The van der Waals surface area contributed by atoms with E-state index in [2.05, 4.69) is 15.9 Å². The molecule has 20 heavy (non-hydrogen) atoms. The van der Waals surface area contributed by atoms with Crippen molar-refractivity contribution in [3.05, 3.63) is 27.2 Å². The van der Waals surface area contributed by atoms with E-state index in [1.807, 2.05) is 26.0 Å². The third kappa shape index (κ3) is 2.76.